The summed E-state index contributed by atoms with van der Waals surface area (Å²) in [6, 6.07) is 19.5. The average Bonchev–Trinajstić information content (AvgIpc) is 3.34. The van der Waals surface area contributed by atoms with E-state index in [-0.39, 0.29) is 18.3 Å². The molecule has 206 valence electrons. The van der Waals surface area contributed by atoms with Gasteiger partial charge in [-0.05, 0) is 62.6 Å². The summed E-state index contributed by atoms with van der Waals surface area (Å²) in [7, 11) is 0. The molecule has 5 rings (SSSR count). The maximum Gasteiger partial charge on any atom is 0.255 e. The van der Waals surface area contributed by atoms with Crippen molar-refractivity contribution in [3.63, 3.8) is 0 Å². The minimum Gasteiger partial charge on any atom is -0.489 e. The molecule has 1 atom stereocenters. The van der Waals surface area contributed by atoms with E-state index in [0.717, 1.165) is 34.6 Å². The van der Waals surface area contributed by atoms with Gasteiger partial charge < -0.3 is 15.4 Å². The van der Waals surface area contributed by atoms with E-state index in [1.54, 1.807) is 34.6 Å². The van der Waals surface area contributed by atoms with Crippen LogP contribution in [-0.4, -0.2) is 26.4 Å². The van der Waals surface area contributed by atoms with Gasteiger partial charge in [-0.3, -0.25) is 4.79 Å². The van der Waals surface area contributed by atoms with Crippen molar-refractivity contribution in [2.24, 2.45) is 0 Å². The molecule has 0 saturated carbocycles. The number of benzene rings is 3. The second-order valence-electron chi connectivity index (χ2n) is 9.80. The van der Waals surface area contributed by atoms with Crippen LogP contribution in [0.1, 0.15) is 48.6 Å². The lowest BCUT2D eigenvalue weighted by Crippen LogP contribution is -2.31. The summed E-state index contributed by atoms with van der Waals surface area (Å²) in [6.45, 7) is 8.12. The van der Waals surface area contributed by atoms with Crippen LogP contribution in [0.15, 0.2) is 83.2 Å². The molecule has 1 aromatic heterocycles. The third kappa shape index (κ3) is 5.89. The molecule has 3 aromatic carbocycles. The number of carbonyl (C=O) groups is 1. The summed E-state index contributed by atoms with van der Waals surface area (Å²) in [5.41, 5.74) is 5.47. The normalized spacial score (nSPS) is 14.5. The highest BCUT2D eigenvalue weighted by molar-refractivity contribution is 7.99. The van der Waals surface area contributed by atoms with Crippen molar-refractivity contribution in [2.75, 3.05) is 16.4 Å². The van der Waals surface area contributed by atoms with E-state index < -0.39 is 6.04 Å². The predicted molar refractivity (Wildman–Crippen MR) is 157 cm³/mol. The SMILES string of the molecule is CCCSc1nc2n(n1)C(c1ccc(OCc3ccccc3F)cc1)C(C(=O)Nc1ccc(C)cc1C)=C(C)N2. The summed E-state index contributed by atoms with van der Waals surface area (Å²) in [4.78, 5) is 18.5. The Morgan fingerprint density at radius 1 is 1.10 bits per heavy atom. The molecule has 4 aromatic rings. The number of anilines is 2. The monoisotopic (exact) mass is 557 g/mol. The third-order valence-electron chi connectivity index (χ3n) is 6.69. The van der Waals surface area contributed by atoms with Gasteiger partial charge in [-0.2, -0.15) is 4.98 Å². The number of aromatic nitrogens is 3. The molecule has 0 aliphatic carbocycles. The third-order valence-corrected chi connectivity index (χ3v) is 7.73. The summed E-state index contributed by atoms with van der Waals surface area (Å²) in [6.07, 6.45) is 1.00. The molecule has 1 unspecified atom stereocenters. The van der Waals surface area contributed by atoms with Crippen LogP contribution in [0.25, 0.3) is 0 Å². The van der Waals surface area contributed by atoms with Crippen molar-refractivity contribution >= 4 is 29.3 Å². The first kappa shape index (κ1) is 27.5. The fraction of sp³-hybridized carbons (Fsp3) is 0.258. The summed E-state index contributed by atoms with van der Waals surface area (Å²) < 4.78 is 21.7. The number of carbonyl (C=O) groups excluding carboxylic acids is 1. The van der Waals surface area contributed by atoms with Crippen LogP contribution in [0.3, 0.4) is 0 Å². The molecular formula is C31H32FN5O2S. The van der Waals surface area contributed by atoms with Crippen LogP contribution < -0.4 is 15.4 Å². The fourth-order valence-corrected chi connectivity index (χ4v) is 5.34. The van der Waals surface area contributed by atoms with Gasteiger partial charge in [0.05, 0.1) is 5.57 Å². The highest BCUT2D eigenvalue weighted by Crippen LogP contribution is 2.37. The lowest BCUT2D eigenvalue weighted by Gasteiger charge is -2.29. The molecule has 40 heavy (non-hydrogen) atoms. The van der Waals surface area contributed by atoms with Gasteiger partial charge in [0.25, 0.3) is 5.91 Å². The van der Waals surface area contributed by atoms with Gasteiger partial charge in [-0.1, -0.05) is 66.7 Å². The molecule has 0 radical (unpaired) electrons. The Balaban J connectivity index is 1.46. The van der Waals surface area contributed by atoms with Crippen molar-refractivity contribution in [2.45, 2.75) is 51.9 Å². The zero-order valence-corrected chi connectivity index (χ0v) is 23.8. The van der Waals surface area contributed by atoms with Gasteiger partial charge in [0.1, 0.15) is 24.2 Å². The minimum absolute atomic E-state index is 0.118. The molecule has 2 heterocycles. The minimum atomic E-state index is -0.508. The molecule has 1 aliphatic rings. The molecule has 0 fully saturated rings. The van der Waals surface area contributed by atoms with Crippen LogP contribution in [0.4, 0.5) is 16.0 Å². The summed E-state index contributed by atoms with van der Waals surface area (Å²) in [5.74, 6) is 1.56. The van der Waals surface area contributed by atoms with E-state index in [1.165, 1.54) is 6.07 Å². The number of hydrogen-bond donors (Lipinski definition) is 2. The van der Waals surface area contributed by atoms with Crippen LogP contribution in [-0.2, 0) is 11.4 Å². The number of amides is 1. The molecule has 1 amide bonds. The first-order valence-corrected chi connectivity index (χ1v) is 14.2. The van der Waals surface area contributed by atoms with Gasteiger partial charge in [-0.25, -0.2) is 9.07 Å². The Morgan fingerprint density at radius 2 is 1.88 bits per heavy atom. The molecule has 2 N–H and O–H groups in total. The van der Waals surface area contributed by atoms with Crippen molar-refractivity contribution in [3.05, 3.63) is 106 Å². The number of aryl methyl sites for hydroxylation is 2. The molecule has 9 heteroatoms. The largest absolute Gasteiger partial charge is 0.489 e. The molecule has 7 nitrogen and oxygen atoms in total. The number of hydrogen-bond acceptors (Lipinski definition) is 6. The van der Waals surface area contributed by atoms with Crippen LogP contribution in [0.5, 0.6) is 5.75 Å². The lowest BCUT2D eigenvalue weighted by atomic mass is 9.94. The second kappa shape index (κ2) is 12.0. The first-order chi connectivity index (χ1) is 19.3. The van der Waals surface area contributed by atoms with Gasteiger partial charge >= 0.3 is 0 Å². The summed E-state index contributed by atoms with van der Waals surface area (Å²) in [5, 5.41) is 11.8. The zero-order valence-electron chi connectivity index (χ0n) is 23.0. The highest BCUT2D eigenvalue weighted by atomic mass is 32.2. The Kier molecular flexibility index (Phi) is 8.21. The molecule has 0 spiro atoms. The van der Waals surface area contributed by atoms with Gasteiger partial charge in [0.2, 0.25) is 11.1 Å². The van der Waals surface area contributed by atoms with Gasteiger partial charge in [-0.15, -0.1) is 5.10 Å². The van der Waals surface area contributed by atoms with E-state index in [1.807, 2.05) is 63.2 Å². The number of allylic oxidation sites excluding steroid dienone is 1. The van der Waals surface area contributed by atoms with E-state index in [0.29, 0.717) is 33.7 Å². The maximum absolute atomic E-state index is 14.0. The standard InChI is InChI=1S/C31H32FN5O2S/c1-5-16-40-31-35-30-33-21(4)27(29(38)34-26-15-10-19(2)17-20(26)3)28(37(30)36-31)22-11-13-24(14-12-22)39-18-23-8-6-7-9-25(23)32/h6-15,17,28H,5,16,18H2,1-4H3,(H,34,38)(H,33,35,36). The van der Waals surface area contributed by atoms with Gasteiger partial charge in [0.15, 0.2) is 0 Å². The Labute approximate surface area is 237 Å². The van der Waals surface area contributed by atoms with E-state index in [4.69, 9.17) is 9.84 Å². The number of fused-ring (bicyclic) bond motifs is 1. The second-order valence-corrected chi connectivity index (χ2v) is 10.9. The zero-order chi connectivity index (χ0) is 28.2. The highest BCUT2D eigenvalue weighted by Gasteiger charge is 2.34. The van der Waals surface area contributed by atoms with Crippen LogP contribution in [0, 0.1) is 19.7 Å². The molecule has 0 bridgehead atoms. The van der Waals surface area contributed by atoms with Crippen molar-refractivity contribution in [1.82, 2.24) is 14.8 Å². The predicted octanol–water partition coefficient (Wildman–Crippen LogP) is 7.04. The van der Waals surface area contributed by atoms with Crippen molar-refractivity contribution in [3.8, 4) is 5.75 Å². The number of halogens is 1. The number of ether oxygens (including phenoxy) is 1. The average molecular weight is 558 g/mol. The van der Waals surface area contributed by atoms with Crippen LogP contribution >= 0.6 is 11.8 Å². The van der Waals surface area contributed by atoms with E-state index in [9.17, 15) is 9.18 Å². The van der Waals surface area contributed by atoms with Crippen LogP contribution in [0.2, 0.25) is 0 Å². The van der Waals surface area contributed by atoms with Crippen molar-refractivity contribution < 1.29 is 13.9 Å². The maximum atomic E-state index is 14.0. The Bertz CT molecular complexity index is 1560. The smallest absolute Gasteiger partial charge is 0.255 e. The number of nitrogens with zero attached hydrogens (tertiary/aromatic N) is 3. The number of rotatable bonds is 9. The molecule has 0 saturated heterocycles. The van der Waals surface area contributed by atoms with Crippen molar-refractivity contribution in [1.29, 1.82) is 0 Å². The van der Waals surface area contributed by atoms with Gasteiger partial charge in [0, 0.05) is 22.7 Å². The molecule has 1 aliphatic heterocycles. The Hall–Kier alpha value is -4.11. The number of nitrogens with one attached hydrogen (secondary N) is 2. The molecular weight excluding hydrogens is 525 g/mol. The topological polar surface area (TPSA) is 81.1 Å². The lowest BCUT2D eigenvalue weighted by molar-refractivity contribution is -0.113. The number of thioether (sulfide) groups is 1. The summed E-state index contributed by atoms with van der Waals surface area (Å²) >= 11 is 1.58. The van der Waals surface area contributed by atoms with E-state index in [2.05, 4.69) is 22.5 Å². The Morgan fingerprint density at radius 3 is 2.60 bits per heavy atom. The van der Waals surface area contributed by atoms with E-state index >= 15 is 0 Å². The first-order valence-electron chi connectivity index (χ1n) is 13.3. The fourth-order valence-electron chi connectivity index (χ4n) is 4.65. The quantitative estimate of drug-likeness (QED) is 0.215.